The van der Waals surface area contributed by atoms with Crippen molar-refractivity contribution in [2.45, 2.75) is 26.2 Å². The van der Waals surface area contributed by atoms with Gasteiger partial charge in [-0.1, -0.05) is 13.0 Å². The van der Waals surface area contributed by atoms with Gasteiger partial charge in [-0.2, -0.15) is 0 Å². The number of rotatable bonds is 6. The first-order chi connectivity index (χ1) is 8.56. The van der Waals surface area contributed by atoms with Crippen molar-refractivity contribution in [3.8, 4) is 0 Å². The number of Topliss-reactive ketones (excluding diaryl/α,β-unsaturated/α-hetero) is 1. The molecule has 18 heavy (non-hydrogen) atoms. The number of carbonyl (C=O) groups is 2. The van der Waals surface area contributed by atoms with Crippen LogP contribution in [-0.4, -0.2) is 18.4 Å². The largest absolute Gasteiger partial charge is 0.466 e. The van der Waals surface area contributed by atoms with Crippen LogP contribution >= 0.6 is 0 Å². The van der Waals surface area contributed by atoms with Gasteiger partial charge in [0.15, 0.2) is 17.4 Å². The summed E-state index contributed by atoms with van der Waals surface area (Å²) in [5.74, 6) is -3.37. The zero-order valence-corrected chi connectivity index (χ0v) is 10.0. The molecular weight excluding hydrogens is 242 g/mol. The van der Waals surface area contributed by atoms with E-state index in [9.17, 15) is 18.4 Å². The molecular formula is C13H14F2O3. The lowest BCUT2D eigenvalue weighted by atomic mass is 10.1. The minimum atomic E-state index is -1.18. The lowest BCUT2D eigenvalue weighted by Gasteiger charge is -2.04. The van der Waals surface area contributed by atoms with Gasteiger partial charge in [-0.15, -0.1) is 0 Å². The van der Waals surface area contributed by atoms with Crippen molar-refractivity contribution in [3.05, 3.63) is 35.4 Å². The smallest absolute Gasteiger partial charge is 0.306 e. The maximum Gasteiger partial charge on any atom is 0.306 e. The zero-order valence-electron chi connectivity index (χ0n) is 10.0. The van der Waals surface area contributed by atoms with E-state index in [1.165, 1.54) is 12.1 Å². The average molecular weight is 256 g/mol. The third kappa shape index (κ3) is 3.91. The Balaban J connectivity index is 2.55. The molecule has 1 rings (SSSR count). The molecule has 0 atom stereocenters. The molecule has 0 fully saturated rings. The second-order valence-corrected chi connectivity index (χ2v) is 3.75. The fourth-order valence-electron chi connectivity index (χ4n) is 1.36. The molecule has 0 N–H and O–H groups in total. The SMILES string of the molecule is CCCOC(=O)CCC(=O)c1cccc(F)c1F. The molecule has 3 nitrogen and oxygen atoms in total. The number of esters is 1. The second kappa shape index (κ2) is 6.83. The molecule has 0 aliphatic carbocycles. The Morgan fingerprint density at radius 2 is 1.94 bits per heavy atom. The summed E-state index contributed by atoms with van der Waals surface area (Å²) in [4.78, 5) is 22.7. The molecule has 0 amide bonds. The predicted molar refractivity (Wildman–Crippen MR) is 61.2 cm³/mol. The highest BCUT2D eigenvalue weighted by Gasteiger charge is 2.16. The first kappa shape index (κ1) is 14.3. The van der Waals surface area contributed by atoms with Crippen LogP contribution in [0.1, 0.15) is 36.5 Å². The lowest BCUT2D eigenvalue weighted by Crippen LogP contribution is -2.10. The van der Waals surface area contributed by atoms with Crippen molar-refractivity contribution >= 4 is 11.8 Å². The highest BCUT2D eigenvalue weighted by Crippen LogP contribution is 2.14. The van der Waals surface area contributed by atoms with Gasteiger partial charge in [0, 0.05) is 6.42 Å². The Kier molecular flexibility index (Phi) is 5.42. The minimum Gasteiger partial charge on any atom is -0.466 e. The van der Waals surface area contributed by atoms with E-state index in [1.807, 2.05) is 6.92 Å². The number of ketones is 1. The van der Waals surface area contributed by atoms with Gasteiger partial charge in [0.05, 0.1) is 18.6 Å². The first-order valence-corrected chi connectivity index (χ1v) is 5.69. The van der Waals surface area contributed by atoms with Crippen LogP contribution < -0.4 is 0 Å². The van der Waals surface area contributed by atoms with Crippen molar-refractivity contribution in [3.63, 3.8) is 0 Å². The van der Waals surface area contributed by atoms with Crippen LogP contribution in [-0.2, 0) is 9.53 Å². The quantitative estimate of drug-likeness (QED) is 0.580. The van der Waals surface area contributed by atoms with Crippen LogP contribution in [0, 0.1) is 11.6 Å². The number of hydrogen-bond donors (Lipinski definition) is 0. The highest BCUT2D eigenvalue weighted by atomic mass is 19.2. The molecule has 0 aliphatic heterocycles. The van der Waals surface area contributed by atoms with E-state index >= 15 is 0 Å². The van der Waals surface area contributed by atoms with Gasteiger partial charge in [-0.05, 0) is 18.6 Å². The third-order valence-electron chi connectivity index (χ3n) is 2.28. The number of halogens is 2. The van der Waals surface area contributed by atoms with Crippen LogP contribution in [0.3, 0.4) is 0 Å². The molecule has 0 bridgehead atoms. The summed E-state index contributed by atoms with van der Waals surface area (Å²) in [7, 11) is 0. The Hall–Kier alpha value is -1.78. The number of hydrogen-bond acceptors (Lipinski definition) is 3. The van der Waals surface area contributed by atoms with Crippen molar-refractivity contribution in [2.75, 3.05) is 6.61 Å². The van der Waals surface area contributed by atoms with Crippen LogP contribution in [0.5, 0.6) is 0 Å². The normalized spacial score (nSPS) is 10.2. The predicted octanol–water partition coefficient (Wildman–Crippen LogP) is 2.88. The van der Waals surface area contributed by atoms with Crippen LogP contribution in [0.15, 0.2) is 18.2 Å². The van der Waals surface area contributed by atoms with Crippen molar-refractivity contribution in [1.29, 1.82) is 0 Å². The third-order valence-corrected chi connectivity index (χ3v) is 2.28. The number of ether oxygens (including phenoxy) is 1. The first-order valence-electron chi connectivity index (χ1n) is 5.69. The second-order valence-electron chi connectivity index (χ2n) is 3.75. The molecule has 98 valence electrons. The molecule has 1 aromatic rings. The van der Waals surface area contributed by atoms with Gasteiger partial charge in [0.1, 0.15) is 0 Å². The molecule has 0 aromatic heterocycles. The van der Waals surface area contributed by atoms with E-state index in [-0.39, 0.29) is 18.4 Å². The summed E-state index contributed by atoms with van der Waals surface area (Å²) in [5.41, 5.74) is -0.335. The zero-order chi connectivity index (χ0) is 13.5. The van der Waals surface area contributed by atoms with Gasteiger partial charge in [-0.25, -0.2) is 8.78 Å². The molecule has 5 heteroatoms. The molecule has 0 heterocycles. The van der Waals surface area contributed by atoms with E-state index in [0.717, 1.165) is 6.07 Å². The molecule has 0 radical (unpaired) electrons. The Labute approximate surface area is 104 Å². The van der Waals surface area contributed by atoms with Gasteiger partial charge in [0.25, 0.3) is 0 Å². The van der Waals surface area contributed by atoms with Gasteiger partial charge < -0.3 is 4.74 Å². The van der Waals surface area contributed by atoms with E-state index in [2.05, 4.69) is 0 Å². The topological polar surface area (TPSA) is 43.4 Å². The number of benzene rings is 1. The van der Waals surface area contributed by atoms with Crippen molar-refractivity contribution in [2.24, 2.45) is 0 Å². The van der Waals surface area contributed by atoms with E-state index in [0.29, 0.717) is 13.0 Å². The van der Waals surface area contributed by atoms with Gasteiger partial charge in [-0.3, -0.25) is 9.59 Å². The maximum atomic E-state index is 13.3. The summed E-state index contributed by atoms with van der Waals surface area (Å²) < 4.78 is 30.9. The fraction of sp³-hybridized carbons (Fsp3) is 0.385. The van der Waals surface area contributed by atoms with Gasteiger partial charge in [0.2, 0.25) is 0 Å². The summed E-state index contributed by atoms with van der Waals surface area (Å²) in [5, 5.41) is 0. The average Bonchev–Trinajstić information content (AvgIpc) is 2.36. The van der Waals surface area contributed by atoms with E-state index in [1.54, 1.807) is 0 Å². The van der Waals surface area contributed by atoms with Crippen LogP contribution in [0.2, 0.25) is 0 Å². The van der Waals surface area contributed by atoms with Gasteiger partial charge >= 0.3 is 5.97 Å². The van der Waals surface area contributed by atoms with E-state index < -0.39 is 23.4 Å². The molecule has 0 saturated heterocycles. The Morgan fingerprint density at radius 1 is 1.22 bits per heavy atom. The summed E-state index contributed by atoms with van der Waals surface area (Å²) in [6, 6.07) is 3.38. The van der Waals surface area contributed by atoms with Crippen molar-refractivity contribution < 1.29 is 23.1 Å². The summed E-state index contributed by atoms with van der Waals surface area (Å²) in [6.07, 6.45) is 0.371. The van der Waals surface area contributed by atoms with Crippen molar-refractivity contribution in [1.82, 2.24) is 0 Å². The molecule has 0 aliphatic rings. The summed E-state index contributed by atoms with van der Waals surface area (Å²) in [6.45, 7) is 2.14. The maximum absolute atomic E-state index is 13.3. The molecule has 0 saturated carbocycles. The standard InChI is InChI=1S/C13H14F2O3/c1-2-8-18-12(17)7-6-11(16)9-4-3-5-10(14)13(9)15/h3-5H,2,6-8H2,1H3. The molecule has 0 unspecified atom stereocenters. The lowest BCUT2D eigenvalue weighted by molar-refractivity contribution is -0.143. The molecule has 1 aromatic carbocycles. The minimum absolute atomic E-state index is 0.130. The summed E-state index contributed by atoms with van der Waals surface area (Å²) >= 11 is 0. The van der Waals surface area contributed by atoms with Crippen LogP contribution in [0.25, 0.3) is 0 Å². The fourth-order valence-corrected chi connectivity index (χ4v) is 1.36. The van der Waals surface area contributed by atoms with E-state index in [4.69, 9.17) is 4.74 Å². The highest BCUT2D eigenvalue weighted by molar-refractivity contribution is 5.97. The Morgan fingerprint density at radius 3 is 2.61 bits per heavy atom. The Bertz CT molecular complexity index is 444. The number of carbonyl (C=O) groups excluding carboxylic acids is 2. The molecule has 0 spiro atoms. The van der Waals surface area contributed by atoms with Crippen LogP contribution in [0.4, 0.5) is 8.78 Å². The monoisotopic (exact) mass is 256 g/mol.